The molecule has 4 aromatic rings. The van der Waals surface area contributed by atoms with Crippen LogP contribution < -0.4 is 0 Å². The summed E-state index contributed by atoms with van der Waals surface area (Å²) >= 11 is 0. The van der Waals surface area contributed by atoms with Gasteiger partial charge in [0.2, 0.25) is 0 Å². The molecule has 3 nitrogen and oxygen atoms in total. The molecule has 2 heterocycles. The van der Waals surface area contributed by atoms with Gasteiger partial charge in [0.25, 0.3) is 0 Å². The Labute approximate surface area is 137 Å². The standard InChI is InChI=1S/C17H8F5N3/c18-9-4-10-11(7-23-15(10)13(19)5-9)16-24-6-8-2-1-3-12(14(8)25-16)17(20,21)22/h1-7,23H. The van der Waals surface area contributed by atoms with Crippen LogP contribution in [-0.2, 0) is 6.18 Å². The number of H-pyrrole nitrogens is 1. The summed E-state index contributed by atoms with van der Waals surface area (Å²) in [7, 11) is 0. The van der Waals surface area contributed by atoms with Crippen LogP contribution in [-0.4, -0.2) is 15.0 Å². The highest BCUT2D eigenvalue weighted by atomic mass is 19.4. The van der Waals surface area contributed by atoms with E-state index in [9.17, 15) is 22.0 Å². The lowest BCUT2D eigenvalue weighted by Crippen LogP contribution is -2.07. The summed E-state index contributed by atoms with van der Waals surface area (Å²) in [6.45, 7) is 0. The van der Waals surface area contributed by atoms with E-state index in [1.54, 1.807) is 0 Å². The van der Waals surface area contributed by atoms with Crippen molar-refractivity contribution in [3.05, 3.63) is 59.9 Å². The normalized spacial score (nSPS) is 12.2. The molecular weight excluding hydrogens is 341 g/mol. The van der Waals surface area contributed by atoms with E-state index in [2.05, 4.69) is 15.0 Å². The molecule has 0 aliphatic rings. The first-order valence-corrected chi connectivity index (χ1v) is 7.14. The highest BCUT2D eigenvalue weighted by Gasteiger charge is 2.33. The van der Waals surface area contributed by atoms with Crippen molar-refractivity contribution in [2.24, 2.45) is 0 Å². The van der Waals surface area contributed by atoms with Crippen molar-refractivity contribution in [2.45, 2.75) is 6.18 Å². The van der Waals surface area contributed by atoms with E-state index in [0.29, 0.717) is 6.07 Å². The number of halogens is 5. The number of benzene rings is 2. The third-order valence-corrected chi connectivity index (χ3v) is 3.86. The van der Waals surface area contributed by atoms with Crippen molar-refractivity contribution in [3.8, 4) is 11.4 Å². The van der Waals surface area contributed by atoms with E-state index < -0.39 is 23.4 Å². The molecule has 0 bridgehead atoms. The third-order valence-electron chi connectivity index (χ3n) is 3.86. The Kier molecular flexibility index (Phi) is 3.24. The molecule has 126 valence electrons. The maximum absolute atomic E-state index is 13.8. The van der Waals surface area contributed by atoms with E-state index in [0.717, 1.165) is 12.1 Å². The van der Waals surface area contributed by atoms with Crippen LogP contribution in [0.2, 0.25) is 0 Å². The summed E-state index contributed by atoms with van der Waals surface area (Å²) in [4.78, 5) is 10.7. The number of nitrogens with one attached hydrogen (secondary N) is 1. The molecule has 0 fully saturated rings. The van der Waals surface area contributed by atoms with Crippen molar-refractivity contribution in [1.82, 2.24) is 15.0 Å². The molecule has 2 aromatic heterocycles. The van der Waals surface area contributed by atoms with Crippen molar-refractivity contribution in [2.75, 3.05) is 0 Å². The second-order valence-corrected chi connectivity index (χ2v) is 5.45. The van der Waals surface area contributed by atoms with Gasteiger partial charge in [0.1, 0.15) is 11.6 Å². The Bertz CT molecular complexity index is 1110. The second kappa shape index (κ2) is 5.23. The predicted molar refractivity (Wildman–Crippen MR) is 81.7 cm³/mol. The maximum Gasteiger partial charge on any atom is 0.418 e. The number of hydrogen-bond donors (Lipinski definition) is 1. The van der Waals surface area contributed by atoms with Crippen LogP contribution in [0.1, 0.15) is 5.56 Å². The molecule has 0 spiro atoms. The highest BCUT2D eigenvalue weighted by Crippen LogP contribution is 2.35. The van der Waals surface area contributed by atoms with Gasteiger partial charge in [0.05, 0.1) is 16.6 Å². The third kappa shape index (κ3) is 2.50. The van der Waals surface area contributed by atoms with Gasteiger partial charge < -0.3 is 4.98 Å². The molecule has 0 aliphatic carbocycles. The fraction of sp³-hybridized carbons (Fsp3) is 0.0588. The Morgan fingerprint density at radius 1 is 1.04 bits per heavy atom. The fourth-order valence-electron chi connectivity index (χ4n) is 2.75. The monoisotopic (exact) mass is 349 g/mol. The zero-order valence-corrected chi connectivity index (χ0v) is 12.3. The quantitative estimate of drug-likeness (QED) is 0.487. The van der Waals surface area contributed by atoms with Crippen LogP contribution in [0.5, 0.6) is 0 Å². The zero-order valence-electron chi connectivity index (χ0n) is 12.3. The first-order chi connectivity index (χ1) is 11.8. The van der Waals surface area contributed by atoms with Crippen molar-refractivity contribution in [3.63, 3.8) is 0 Å². The molecular formula is C17H8F5N3. The van der Waals surface area contributed by atoms with Gasteiger partial charge in [0.15, 0.2) is 5.82 Å². The number of nitrogens with zero attached hydrogens (tertiary/aromatic N) is 2. The van der Waals surface area contributed by atoms with Crippen LogP contribution >= 0.6 is 0 Å². The largest absolute Gasteiger partial charge is 0.418 e. The molecule has 0 aliphatic heterocycles. The minimum Gasteiger partial charge on any atom is -0.358 e. The van der Waals surface area contributed by atoms with Gasteiger partial charge in [-0.25, -0.2) is 18.7 Å². The molecule has 0 saturated carbocycles. The average molecular weight is 349 g/mol. The summed E-state index contributed by atoms with van der Waals surface area (Å²) in [6.07, 6.45) is -1.99. The van der Waals surface area contributed by atoms with Crippen LogP contribution in [0, 0.1) is 11.6 Å². The summed E-state index contributed by atoms with van der Waals surface area (Å²) in [5.41, 5.74) is -0.923. The predicted octanol–water partition coefficient (Wildman–Crippen LogP) is 5.08. The first-order valence-electron chi connectivity index (χ1n) is 7.14. The average Bonchev–Trinajstić information content (AvgIpc) is 2.97. The molecule has 0 saturated heterocycles. The lowest BCUT2D eigenvalue weighted by atomic mass is 10.1. The zero-order chi connectivity index (χ0) is 17.8. The Morgan fingerprint density at radius 3 is 2.60 bits per heavy atom. The van der Waals surface area contributed by atoms with Crippen molar-refractivity contribution in [1.29, 1.82) is 0 Å². The molecule has 0 radical (unpaired) electrons. The van der Waals surface area contributed by atoms with Gasteiger partial charge in [-0.15, -0.1) is 0 Å². The van der Waals surface area contributed by atoms with E-state index >= 15 is 0 Å². The van der Waals surface area contributed by atoms with Crippen LogP contribution in [0.15, 0.2) is 42.7 Å². The van der Waals surface area contributed by atoms with Gasteiger partial charge in [-0.2, -0.15) is 13.2 Å². The topological polar surface area (TPSA) is 41.6 Å². The number of rotatable bonds is 1. The molecule has 0 unspecified atom stereocenters. The highest BCUT2D eigenvalue weighted by molar-refractivity contribution is 5.95. The smallest absolute Gasteiger partial charge is 0.358 e. The van der Waals surface area contributed by atoms with Gasteiger partial charge >= 0.3 is 6.18 Å². The Hall–Kier alpha value is -3.03. The number of para-hydroxylation sites is 1. The number of hydrogen-bond acceptors (Lipinski definition) is 2. The summed E-state index contributed by atoms with van der Waals surface area (Å²) in [5, 5.41) is 0.372. The van der Waals surface area contributed by atoms with Crippen LogP contribution in [0.3, 0.4) is 0 Å². The Morgan fingerprint density at radius 2 is 1.84 bits per heavy atom. The first kappa shape index (κ1) is 15.5. The molecule has 25 heavy (non-hydrogen) atoms. The summed E-state index contributed by atoms with van der Waals surface area (Å²) in [5.74, 6) is -1.67. The van der Waals surface area contributed by atoms with Gasteiger partial charge in [0, 0.05) is 34.8 Å². The molecule has 4 rings (SSSR count). The lowest BCUT2D eigenvalue weighted by molar-refractivity contribution is -0.136. The van der Waals surface area contributed by atoms with Crippen molar-refractivity contribution < 1.29 is 22.0 Å². The minimum atomic E-state index is -4.58. The summed E-state index contributed by atoms with van der Waals surface area (Å²) < 4.78 is 66.8. The SMILES string of the molecule is Fc1cc(F)c2[nH]cc(-c3ncc4cccc(C(F)(F)F)c4n3)c2c1. The van der Waals surface area contributed by atoms with E-state index in [1.165, 1.54) is 24.5 Å². The molecule has 2 aromatic carbocycles. The Balaban J connectivity index is 2.00. The number of fused-ring (bicyclic) bond motifs is 2. The molecule has 1 N–H and O–H groups in total. The number of alkyl halides is 3. The molecule has 8 heteroatoms. The fourth-order valence-corrected chi connectivity index (χ4v) is 2.75. The van der Waals surface area contributed by atoms with Gasteiger partial charge in [-0.3, -0.25) is 0 Å². The minimum absolute atomic E-state index is 0.0317. The number of aromatic amines is 1. The number of aromatic nitrogens is 3. The maximum atomic E-state index is 13.8. The molecule has 0 amide bonds. The van der Waals surface area contributed by atoms with Gasteiger partial charge in [-0.05, 0) is 12.1 Å². The van der Waals surface area contributed by atoms with Crippen LogP contribution in [0.25, 0.3) is 33.2 Å². The summed E-state index contributed by atoms with van der Waals surface area (Å²) in [6, 6.07) is 5.44. The van der Waals surface area contributed by atoms with E-state index in [4.69, 9.17) is 0 Å². The lowest BCUT2D eigenvalue weighted by Gasteiger charge is -2.10. The molecule has 0 atom stereocenters. The van der Waals surface area contributed by atoms with E-state index in [-0.39, 0.29) is 33.2 Å². The van der Waals surface area contributed by atoms with Crippen LogP contribution in [0.4, 0.5) is 22.0 Å². The second-order valence-electron chi connectivity index (χ2n) is 5.45. The van der Waals surface area contributed by atoms with Crippen molar-refractivity contribution >= 4 is 21.8 Å². The van der Waals surface area contributed by atoms with E-state index in [1.807, 2.05) is 0 Å². The van der Waals surface area contributed by atoms with Gasteiger partial charge in [-0.1, -0.05) is 12.1 Å².